The van der Waals surface area contributed by atoms with E-state index in [1.807, 2.05) is 7.05 Å². The zero-order valence-corrected chi connectivity index (χ0v) is 15.1. The number of H-pyrrole nitrogens is 1. The molecule has 138 valence electrons. The molecule has 0 radical (unpaired) electrons. The van der Waals surface area contributed by atoms with Crippen LogP contribution in [0.4, 0.5) is 5.82 Å². The monoisotopic (exact) mass is 358 g/mol. The molecule has 0 spiro atoms. The van der Waals surface area contributed by atoms with E-state index in [-0.39, 0.29) is 5.56 Å². The van der Waals surface area contributed by atoms with Gasteiger partial charge in [0.05, 0.1) is 36.1 Å². The third-order valence-electron chi connectivity index (χ3n) is 4.45. The Morgan fingerprint density at radius 2 is 2.08 bits per heavy atom. The highest BCUT2D eigenvalue weighted by molar-refractivity contribution is 6.45. The Labute approximate surface area is 151 Å². The van der Waals surface area contributed by atoms with Crippen molar-refractivity contribution in [3.05, 3.63) is 18.0 Å². The van der Waals surface area contributed by atoms with Crippen molar-refractivity contribution in [1.82, 2.24) is 19.8 Å². The number of carbonyl (C=O) groups is 2. The van der Waals surface area contributed by atoms with Crippen LogP contribution in [0.2, 0.25) is 0 Å². The number of fused-ring (bicyclic) bond motifs is 1. The smallest absolute Gasteiger partial charge is 0.295 e. The lowest BCUT2D eigenvalue weighted by Gasteiger charge is -2.31. The van der Waals surface area contributed by atoms with Crippen LogP contribution in [0.25, 0.3) is 10.9 Å². The summed E-state index contributed by atoms with van der Waals surface area (Å²) in [5.74, 6) is -0.129. The van der Waals surface area contributed by atoms with Crippen LogP contribution in [0.5, 0.6) is 5.75 Å². The summed E-state index contributed by atoms with van der Waals surface area (Å²) in [4.78, 5) is 40.4. The fourth-order valence-electron chi connectivity index (χ4n) is 2.96. The third-order valence-corrected chi connectivity index (χ3v) is 4.45. The average Bonchev–Trinajstić information content (AvgIpc) is 3.11. The van der Waals surface area contributed by atoms with Crippen molar-refractivity contribution in [3.63, 3.8) is 0 Å². The first-order chi connectivity index (χ1) is 12.6. The molecular formula is C17H22N6O3. The van der Waals surface area contributed by atoms with E-state index in [0.29, 0.717) is 35.6 Å². The van der Waals surface area contributed by atoms with Gasteiger partial charge in [-0.2, -0.15) is 0 Å². The number of hydrogen-bond acceptors (Lipinski definition) is 6. The van der Waals surface area contributed by atoms with Crippen LogP contribution in [0.1, 0.15) is 10.4 Å². The number of hydrogen-bond donors (Lipinski definition) is 2. The molecule has 9 nitrogen and oxygen atoms in total. The van der Waals surface area contributed by atoms with Crippen molar-refractivity contribution < 1.29 is 14.3 Å². The molecule has 2 N–H and O–H groups in total. The number of amides is 1. The zero-order chi connectivity index (χ0) is 18.7. The highest BCUT2D eigenvalue weighted by atomic mass is 16.5. The van der Waals surface area contributed by atoms with Gasteiger partial charge in [-0.15, -0.1) is 0 Å². The molecule has 2 aromatic heterocycles. The van der Waals surface area contributed by atoms with E-state index in [4.69, 9.17) is 4.74 Å². The summed E-state index contributed by atoms with van der Waals surface area (Å²) >= 11 is 0. The number of nitrogens with one attached hydrogen (secondary N) is 2. The number of aliphatic imine (C=N–C) groups is 1. The molecule has 1 amide bonds. The van der Waals surface area contributed by atoms with Gasteiger partial charge in [0.25, 0.3) is 11.7 Å². The van der Waals surface area contributed by atoms with E-state index < -0.39 is 11.7 Å². The number of carbonyl (C=O) groups excluding carboxylic acids is 2. The molecule has 1 aliphatic rings. The second-order valence-corrected chi connectivity index (χ2v) is 6.08. The number of anilines is 1. The van der Waals surface area contributed by atoms with Gasteiger partial charge in [-0.1, -0.05) is 0 Å². The fourth-order valence-corrected chi connectivity index (χ4v) is 2.96. The van der Waals surface area contributed by atoms with Gasteiger partial charge < -0.3 is 24.8 Å². The third kappa shape index (κ3) is 3.25. The van der Waals surface area contributed by atoms with Gasteiger partial charge in [0.2, 0.25) is 0 Å². The number of piperazine rings is 1. The number of nitrogens with zero attached hydrogens (tertiary/aromatic N) is 4. The molecule has 0 bridgehead atoms. The number of aromatic nitrogens is 2. The lowest BCUT2D eigenvalue weighted by molar-refractivity contribution is -0.127. The Balaban J connectivity index is 1.96. The lowest BCUT2D eigenvalue weighted by atomic mass is 10.1. The maximum absolute atomic E-state index is 12.8. The Bertz CT molecular complexity index is 852. The number of rotatable bonds is 5. The van der Waals surface area contributed by atoms with Crippen LogP contribution in [0.15, 0.2) is 17.4 Å². The molecule has 26 heavy (non-hydrogen) atoms. The highest BCUT2D eigenvalue weighted by Crippen LogP contribution is 2.32. The van der Waals surface area contributed by atoms with E-state index in [2.05, 4.69) is 25.2 Å². The van der Waals surface area contributed by atoms with Crippen LogP contribution in [-0.2, 0) is 4.79 Å². The van der Waals surface area contributed by atoms with Gasteiger partial charge in [0.1, 0.15) is 5.75 Å². The summed E-state index contributed by atoms with van der Waals surface area (Å²) in [6, 6.07) is 0. The minimum Gasteiger partial charge on any atom is -0.494 e. The topological polar surface area (TPSA) is 103 Å². The second kappa shape index (κ2) is 7.52. The number of ketones is 1. The number of likely N-dealkylation sites (N-methyl/N-ethyl adjacent to an activating group) is 1. The molecular weight excluding hydrogens is 336 g/mol. The maximum Gasteiger partial charge on any atom is 0.295 e. The predicted octanol–water partition coefficient (Wildman–Crippen LogP) is 0.598. The molecule has 0 aromatic carbocycles. The minimum atomic E-state index is -0.555. The largest absolute Gasteiger partial charge is 0.494 e. The van der Waals surface area contributed by atoms with Crippen molar-refractivity contribution in [1.29, 1.82) is 0 Å². The highest BCUT2D eigenvalue weighted by Gasteiger charge is 2.29. The van der Waals surface area contributed by atoms with Gasteiger partial charge in [-0.25, -0.2) is 4.98 Å². The SMILES string of the molecule is C/N=C\Nc1ncc(OC)c2c(C(=O)C(=O)N3CCN(C)CC3)c[nH]c12. The van der Waals surface area contributed by atoms with Crippen molar-refractivity contribution in [2.24, 2.45) is 4.99 Å². The van der Waals surface area contributed by atoms with Gasteiger partial charge in [0, 0.05) is 39.4 Å². The average molecular weight is 358 g/mol. The van der Waals surface area contributed by atoms with Crippen molar-refractivity contribution in [2.45, 2.75) is 0 Å². The first-order valence-corrected chi connectivity index (χ1v) is 8.30. The quantitative estimate of drug-likeness (QED) is 0.351. The Hall–Kier alpha value is -2.94. The van der Waals surface area contributed by atoms with Gasteiger partial charge in [0.15, 0.2) is 5.82 Å². The van der Waals surface area contributed by atoms with Crippen LogP contribution in [0.3, 0.4) is 0 Å². The first kappa shape index (κ1) is 17.9. The van der Waals surface area contributed by atoms with Crippen LogP contribution < -0.4 is 10.1 Å². The van der Waals surface area contributed by atoms with Crippen molar-refractivity contribution >= 4 is 34.7 Å². The minimum absolute atomic E-state index is 0.277. The standard InChI is InChI=1S/C17H22N6O3/c1-18-10-21-16-14-13(12(26-3)9-20-16)11(8-19-14)15(24)17(25)23-6-4-22(2)5-7-23/h8-10,19H,4-7H2,1-3H3,(H,18,20,21). The van der Waals surface area contributed by atoms with E-state index >= 15 is 0 Å². The summed E-state index contributed by atoms with van der Waals surface area (Å²) in [7, 11) is 5.13. The van der Waals surface area contributed by atoms with Crippen LogP contribution in [-0.4, -0.2) is 85.2 Å². The summed E-state index contributed by atoms with van der Waals surface area (Å²) in [5.41, 5.74) is 0.860. The van der Waals surface area contributed by atoms with Crippen molar-refractivity contribution in [2.75, 3.05) is 52.7 Å². The predicted molar refractivity (Wildman–Crippen MR) is 99.1 cm³/mol. The van der Waals surface area contributed by atoms with Crippen LogP contribution in [0, 0.1) is 0 Å². The Morgan fingerprint density at radius 3 is 2.73 bits per heavy atom. The number of methoxy groups -OCH3 is 1. The fraction of sp³-hybridized carbons (Fsp3) is 0.412. The number of pyridine rings is 1. The molecule has 3 rings (SSSR count). The number of ether oxygens (including phenoxy) is 1. The maximum atomic E-state index is 12.8. The second-order valence-electron chi connectivity index (χ2n) is 6.08. The molecule has 2 aromatic rings. The summed E-state index contributed by atoms with van der Waals surface area (Å²) in [6.45, 7) is 2.60. The number of Topliss-reactive ketones (excluding diaryl/α,β-unsaturated/α-hetero) is 1. The Morgan fingerprint density at radius 1 is 1.35 bits per heavy atom. The molecule has 9 heteroatoms. The number of aromatic amines is 1. The van der Waals surface area contributed by atoms with Crippen LogP contribution >= 0.6 is 0 Å². The molecule has 1 fully saturated rings. The molecule has 0 unspecified atom stereocenters. The lowest BCUT2D eigenvalue weighted by Crippen LogP contribution is -2.49. The first-order valence-electron chi connectivity index (χ1n) is 8.30. The van der Waals surface area contributed by atoms with E-state index in [1.165, 1.54) is 25.8 Å². The summed E-state index contributed by atoms with van der Waals surface area (Å²) < 4.78 is 5.35. The van der Waals surface area contributed by atoms with E-state index in [9.17, 15) is 9.59 Å². The van der Waals surface area contributed by atoms with Gasteiger partial charge in [-0.05, 0) is 7.05 Å². The van der Waals surface area contributed by atoms with E-state index in [0.717, 1.165) is 13.1 Å². The summed E-state index contributed by atoms with van der Waals surface area (Å²) in [5, 5.41) is 3.47. The molecule has 0 aliphatic carbocycles. The zero-order valence-electron chi connectivity index (χ0n) is 15.1. The molecule has 0 atom stereocenters. The van der Waals surface area contributed by atoms with Gasteiger partial charge >= 0.3 is 0 Å². The van der Waals surface area contributed by atoms with Crippen molar-refractivity contribution in [3.8, 4) is 5.75 Å². The van der Waals surface area contributed by atoms with E-state index in [1.54, 1.807) is 11.9 Å². The normalized spacial score (nSPS) is 15.6. The molecule has 1 saturated heterocycles. The molecule has 0 saturated carbocycles. The van der Waals surface area contributed by atoms with Gasteiger partial charge in [-0.3, -0.25) is 14.6 Å². The molecule has 1 aliphatic heterocycles. The molecule has 3 heterocycles. The Kier molecular flexibility index (Phi) is 5.17. The summed E-state index contributed by atoms with van der Waals surface area (Å²) in [6.07, 6.45) is 4.53.